The smallest absolute Gasteiger partial charge is 0.267 e. The molecule has 1 aromatic heterocycles. The number of nitrogens with two attached hydrogens (primary N) is 1. The van der Waals surface area contributed by atoms with Gasteiger partial charge in [0, 0.05) is 20.7 Å². The number of hydrogen-bond acceptors (Lipinski definition) is 6. The Labute approximate surface area is 113 Å². The number of thiazole rings is 1. The highest BCUT2D eigenvalue weighted by Crippen LogP contribution is 2.26. The third kappa shape index (κ3) is 4.60. The molecule has 19 heavy (non-hydrogen) atoms. The van der Waals surface area contributed by atoms with E-state index < -0.39 is 18.9 Å². The van der Waals surface area contributed by atoms with Crippen LogP contribution in [0.25, 0.3) is 0 Å². The molecular weight excluding hydrogens is 278 g/mol. The Morgan fingerprint density at radius 1 is 1.63 bits per heavy atom. The zero-order chi connectivity index (χ0) is 14.4. The van der Waals surface area contributed by atoms with E-state index in [1.54, 1.807) is 7.11 Å². The van der Waals surface area contributed by atoms with Crippen molar-refractivity contribution in [1.82, 2.24) is 9.88 Å². The summed E-state index contributed by atoms with van der Waals surface area (Å²) in [7, 11) is 2.86. The number of nitrogen functional groups attached to an aromatic ring is 1. The van der Waals surface area contributed by atoms with Gasteiger partial charge < -0.3 is 20.7 Å². The lowest BCUT2D eigenvalue weighted by molar-refractivity contribution is 0.0625. The third-order valence-electron chi connectivity index (χ3n) is 2.19. The average Bonchev–Trinajstić information content (AvgIpc) is 2.69. The maximum Gasteiger partial charge on any atom is 0.267 e. The summed E-state index contributed by atoms with van der Waals surface area (Å²) < 4.78 is 29.3. The van der Waals surface area contributed by atoms with Crippen molar-refractivity contribution in [3.63, 3.8) is 0 Å². The van der Waals surface area contributed by atoms with Gasteiger partial charge in [-0.3, -0.25) is 4.79 Å². The number of anilines is 2. The Morgan fingerprint density at radius 3 is 2.89 bits per heavy atom. The molecule has 0 atom stereocenters. The number of nitrogens with one attached hydrogen (secondary N) is 1. The van der Waals surface area contributed by atoms with Crippen LogP contribution in [0.1, 0.15) is 9.67 Å². The van der Waals surface area contributed by atoms with Crippen LogP contribution < -0.4 is 11.1 Å². The van der Waals surface area contributed by atoms with Gasteiger partial charge in [-0.1, -0.05) is 11.3 Å². The van der Waals surface area contributed by atoms with Crippen molar-refractivity contribution >= 4 is 28.2 Å². The number of carbonyl (C=O) groups is 1. The molecule has 1 aromatic rings. The van der Waals surface area contributed by atoms with E-state index in [0.29, 0.717) is 18.3 Å². The summed E-state index contributed by atoms with van der Waals surface area (Å²) in [5, 5.41) is 3.39. The summed E-state index contributed by atoms with van der Waals surface area (Å²) >= 11 is 1.03. The molecule has 6 nitrogen and oxygen atoms in total. The van der Waals surface area contributed by atoms with Crippen LogP contribution in [0.4, 0.5) is 19.7 Å². The van der Waals surface area contributed by atoms with Crippen LogP contribution in [0.3, 0.4) is 0 Å². The second-order valence-electron chi connectivity index (χ2n) is 3.73. The number of ether oxygens (including phenoxy) is 1. The molecule has 3 N–H and O–H groups in total. The maximum atomic E-state index is 12.2. The van der Waals surface area contributed by atoms with Crippen molar-refractivity contribution in [2.45, 2.75) is 6.43 Å². The van der Waals surface area contributed by atoms with Crippen molar-refractivity contribution in [1.29, 1.82) is 0 Å². The molecule has 0 spiro atoms. The summed E-state index contributed by atoms with van der Waals surface area (Å²) in [4.78, 5) is 16.9. The number of nitrogens with zero attached hydrogens (tertiary/aromatic N) is 2. The van der Waals surface area contributed by atoms with Gasteiger partial charge in [-0.05, 0) is 0 Å². The zero-order valence-corrected chi connectivity index (χ0v) is 11.5. The summed E-state index contributed by atoms with van der Waals surface area (Å²) in [6.07, 6.45) is -2.58. The van der Waals surface area contributed by atoms with Crippen molar-refractivity contribution < 1.29 is 18.3 Å². The number of hydrogen-bond donors (Lipinski definition) is 2. The van der Waals surface area contributed by atoms with E-state index in [9.17, 15) is 13.6 Å². The number of carbonyl (C=O) groups excluding carboxylic acids is 1. The quantitative estimate of drug-likeness (QED) is 0.737. The normalized spacial score (nSPS) is 10.8. The van der Waals surface area contributed by atoms with Crippen molar-refractivity contribution in [2.75, 3.05) is 44.9 Å². The molecular formula is C10H16F2N4O2S. The SMILES string of the molecule is COCCNc1nc(N)c(C(=O)N(C)CC(F)F)s1. The van der Waals surface area contributed by atoms with E-state index in [1.807, 2.05) is 0 Å². The third-order valence-corrected chi connectivity index (χ3v) is 3.21. The topological polar surface area (TPSA) is 80.5 Å². The monoisotopic (exact) mass is 294 g/mol. The first-order valence-electron chi connectivity index (χ1n) is 5.48. The fourth-order valence-corrected chi connectivity index (χ4v) is 2.19. The van der Waals surface area contributed by atoms with Crippen LogP contribution in [0.5, 0.6) is 0 Å². The van der Waals surface area contributed by atoms with Crippen molar-refractivity contribution in [3.8, 4) is 0 Å². The maximum absolute atomic E-state index is 12.2. The first-order valence-corrected chi connectivity index (χ1v) is 6.30. The molecule has 0 aromatic carbocycles. The summed E-state index contributed by atoms with van der Waals surface area (Å²) in [6.45, 7) is 0.362. The lowest BCUT2D eigenvalue weighted by atomic mass is 10.4. The highest BCUT2D eigenvalue weighted by molar-refractivity contribution is 7.18. The number of rotatable bonds is 7. The number of halogens is 2. The average molecular weight is 294 g/mol. The van der Waals surface area contributed by atoms with Gasteiger partial charge in [0.05, 0.1) is 13.2 Å². The summed E-state index contributed by atoms with van der Waals surface area (Å²) in [5.74, 6) is -0.522. The fourth-order valence-electron chi connectivity index (χ4n) is 1.28. The van der Waals surface area contributed by atoms with E-state index in [2.05, 4.69) is 10.3 Å². The Balaban J connectivity index is 2.69. The lowest BCUT2D eigenvalue weighted by Crippen LogP contribution is -2.31. The molecule has 108 valence electrons. The van der Waals surface area contributed by atoms with Crippen LogP contribution >= 0.6 is 11.3 Å². The fraction of sp³-hybridized carbons (Fsp3) is 0.600. The van der Waals surface area contributed by atoms with Gasteiger partial charge in [0.25, 0.3) is 12.3 Å². The Bertz CT molecular complexity index is 428. The largest absolute Gasteiger partial charge is 0.383 e. The van der Waals surface area contributed by atoms with E-state index in [1.165, 1.54) is 7.05 Å². The predicted molar refractivity (Wildman–Crippen MR) is 69.9 cm³/mol. The van der Waals surface area contributed by atoms with Crippen molar-refractivity contribution in [2.24, 2.45) is 0 Å². The second-order valence-corrected chi connectivity index (χ2v) is 4.73. The highest BCUT2D eigenvalue weighted by Gasteiger charge is 2.21. The second kappa shape index (κ2) is 7.19. The predicted octanol–water partition coefficient (Wildman–Crippen LogP) is 1.12. The van der Waals surface area contributed by atoms with E-state index in [4.69, 9.17) is 10.5 Å². The summed E-state index contributed by atoms with van der Waals surface area (Å²) in [5.41, 5.74) is 5.61. The molecule has 0 aliphatic heterocycles. The van der Waals surface area contributed by atoms with Crippen LogP contribution in [-0.2, 0) is 4.74 Å². The molecule has 1 amide bonds. The van der Waals surface area contributed by atoms with Gasteiger partial charge in [0.1, 0.15) is 10.7 Å². The van der Waals surface area contributed by atoms with Crippen LogP contribution in [0.2, 0.25) is 0 Å². The standard InChI is InChI=1S/C10H16F2N4O2S/c1-16(5-6(11)12)9(17)7-8(13)15-10(19-7)14-3-4-18-2/h6H,3-5,13H2,1-2H3,(H,14,15). The zero-order valence-electron chi connectivity index (χ0n) is 10.7. The van der Waals surface area contributed by atoms with E-state index >= 15 is 0 Å². The lowest BCUT2D eigenvalue weighted by Gasteiger charge is -2.15. The van der Waals surface area contributed by atoms with Gasteiger partial charge in [-0.15, -0.1) is 0 Å². The number of aromatic nitrogens is 1. The van der Waals surface area contributed by atoms with Crippen LogP contribution in [-0.4, -0.2) is 56.1 Å². The van der Waals surface area contributed by atoms with E-state index in [-0.39, 0.29) is 10.7 Å². The van der Waals surface area contributed by atoms with Gasteiger partial charge in [-0.2, -0.15) is 0 Å². The van der Waals surface area contributed by atoms with Gasteiger partial charge in [-0.25, -0.2) is 13.8 Å². The molecule has 0 saturated carbocycles. The Kier molecular flexibility index (Phi) is 5.90. The molecule has 0 unspecified atom stereocenters. The highest BCUT2D eigenvalue weighted by atomic mass is 32.1. The molecule has 0 bridgehead atoms. The van der Waals surface area contributed by atoms with Gasteiger partial charge in [0.2, 0.25) is 0 Å². The molecule has 1 heterocycles. The molecule has 1 rings (SSSR count). The number of methoxy groups -OCH3 is 1. The van der Waals surface area contributed by atoms with Crippen LogP contribution in [0, 0.1) is 0 Å². The minimum absolute atomic E-state index is 0.0380. The van der Waals surface area contributed by atoms with Crippen LogP contribution in [0.15, 0.2) is 0 Å². The Morgan fingerprint density at radius 2 is 2.32 bits per heavy atom. The minimum atomic E-state index is -2.58. The first-order chi connectivity index (χ1) is 8.95. The Hall–Kier alpha value is -1.48. The van der Waals surface area contributed by atoms with E-state index in [0.717, 1.165) is 16.2 Å². The molecule has 0 saturated heterocycles. The van der Waals surface area contributed by atoms with Gasteiger partial charge in [0.15, 0.2) is 5.13 Å². The van der Waals surface area contributed by atoms with Gasteiger partial charge >= 0.3 is 0 Å². The molecule has 0 fully saturated rings. The molecule has 9 heteroatoms. The number of alkyl halides is 2. The first kappa shape index (κ1) is 15.6. The van der Waals surface area contributed by atoms with Crippen molar-refractivity contribution in [3.05, 3.63) is 4.88 Å². The summed E-state index contributed by atoms with van der Waals surface area (Å²) in [6, 6.07) is 0. The molecule has 0 radical (unpaired) electrons. The molecule has 0 aliphatic rings. The molecule has 0 aliphatic carbocycles. The minimum Gasteiger partial charge on any atom is -0.383 e. The number of amides is 1.